The Morgan fingerprint density at radius 1 is 1.36 bits per heavy atom. The quantitative estimate of drug-likeness (QED) is 0.180. The minimum atomic E-state index is -4.52. The van der Waals surface area contributed by atoms with Crippen LogP contribution in [0.15, 0.2) is 18.5 Å². The Kier molecular flexibility index (Phi) is 9.35. The average molecular weight is 591 g/mol. The monoisotopic (exact) mass is 590 g/mol. The molecule has 6 atom stereocenters. The molecule has 2 aromatic rings. The maximum Gasteiger partial charge on any atom is 0.406 e. The number of carbonyl (C=O) groups is 1. The van der Waals surface area contributed by atoms with Gasteiger partial charge in [-0.25, -0.2) is 27.6 Å². The summed E-state index contributed by atoms with van der Waals surface area (Å²) < 4.78 is 59.3. The van der Waals surface area contributed by atoms with Crippen LogP contribution in [-0.2, 0) is 37.7 Å². The molecule has 1 aliphatic heterocycles. The summed E-state index contributed by atoms with van der Waals surface area (Å²) in [7, 11) is -8.04. The van der Waals surface area contributed by atoms with E-state index in [1.807, 2.05) is 0 Å². The molecule has 1 saturated heterocycles. The lowest BCUT2D eigenvalue weighted by molar-refractivity contribution is -0.149. The number of rotatable bonds is 12. The fraction of sp³-hybridized carbons (Fsp3) is 0.619. The molecule has 1 unspecified atom stereocenters. The number of nitrogens with zero attached hydrogens (tertiary/aromatic N) is 4. The molecule has 0 amide bonds. The van der Waals surface area contributed by atoms with Crippen LogP contribution in [0.4, 0.5) is 5.82 Å². The molecule has 0 aliphatic carbocycles. The van der Waals surface area contributed by atoms with Crippen LogP contribution in [0.5, 0.6) is 0 Å². The Morgan fingerprint density at radius 3 is 2.67 bits per heavy atom. The van der Waals surface area contributed by atoms with Gasteiger partial charge in [0.15, 0.2) is 5.82 Å². The van der Waals surface area contributed by atoms with Gasteiger partial charge in [0, 0.05) is 6.26 Å². The van der Waals surface area contributed by atoms with Crippen molar-refractivity contribution in [2.45, 2.75) is 56.8 Å². The first-order valence-electron chi connectivity index (χ1n) is 11.7. The summed E-state index contributed by atoms with van der Waals surface area (Å²) in [5, 5.41) is 37.9. The lowest BCUT2D eigenvalue weighted by atomic mass is 9.96. The summed E-state index contributed by atoms with van der Waals surface area (Å²) in [6, 6.07) is 3.58. The molecule has 0 radical (unpaired) electrons. The molecule has 0 bridgehead atoms. The molecule has 39 heavy (non-hydrogen) atoms. The van der Waals surface area contributed by atoms with Gasteiger partial charge < -0.3 is 25.4 Å². The number of carbonyl (C=O) groups excluding carboxylic acids is 1. The summed E-state index contributed by atoms with van der Waals surface area (Å²) >= 11 is 0. The molecule has 1 aliphatic rings. The van der Waals surface area contributed by atoms with Crippen molar-refractivity contribution in [3.63, 3.8) is 0 Å². The number of aliphatic hydroxyl groups is 2. The Balaban J connectivity index is 1.84. The molecule has 3 rings (SSSR count). The number of aliphatic hydroxyl groups excluding tert-OH is 2. The van der Waals surface area contributed by atoms with E-state index in [1.54, 1.807) is 26.0 Å². The van der Waals surface area contributed by atoms with Crippen LogP contribution < -0.4 is 10.8 Å². The second-order valence-corrected chi connectivity index (χ2v) is 13.3. The van der Waals surface area contributed by atoms with Crippen molar-refractivity contribution in [2.24, 2.45) is 0 Å². The maximum atomic E-state index is 13.5. The van der Waals surface area contributed by atoms with Crippen LogP contribution in [-0.4, -0.2) is 94.4 Å². The van der Waals surface area contributed by atoms with Gasteiger partial charge in [-0.3, -0.25) is 13.8 Å². The standard InChI is InChI=1S/C21H31N6O10PS/c1-12(2)36-20(30)13(3)26-38(31,34-7-8-39(4,32)33)35-10-21(9-22)18(29)16(28)17(37-21)14-5-6-15-19(23)24-11-25-27(14)15/h5-6,11-13,16-18,28-29H,7-8,10H2,1-4H3,(H,26,31)(H2,23,24,25)/t13-,16-,17-,18-,21+,38?/m0/s1. The van der Waals surface area contributed by atoms with Gasteiger partial charge in [-0.05, 0) is 32.9 Å². The second kappa shape index (κ2) is 11.8. The minimum absolute atomic E-state index is 0.141. The highest BCUT2D eigenvalue weighted by Gasteiger charge is 2.57. The third kappa shape index (κ3) is 7.10. The minimum Gasteiger partial charge on any atom is -0.462 e. The predicted molar refractivity (Wildman–Crippen MR) is 135 cm³/mol. The number of hydrogen-bond donors (Lipinski definition) is 4. The van der Waals surface area contributed by atoms with E-state index in [9.17, 15) is 33.3 Å². The lowest BCUT2D eigenvalue weighted by Crippen LogP contribution is -2.46. The van der Waals surface area contributed by atoms with Crippen LogP contribution in [0.3, 0.4) is 0 Å². The van der Waals surface area contributed by atoms with Crippen molar-refractivity contribution < 1.29 is 46.5 Å². The number of sulfone groups is 1. The van der Waals surface area contributed by atoms with Crippen molar-refractivity contribution in [1.29, 1.82) is 5.26 Å². The average Bonchev–Trinajstić information content (AvgIpc) is 3.37. The van der Waals surface area contributed by atoms with Gasteiger partial charge in [0.05, 0.1) is 24.2 Å². The Labute approximate surface area is 224 Å². The Morgan fingerprint density at radius 2 is 2.05 bits per heavy atom. The van der Waals surface area contributed by atoms with E-state index in [1.165, 1.54) is 23.8 Å². The molecule has 5 N–H and O–H groups in total. The van der Waals surface area contributed by atoms with E-state index < -0.39 is 78.6 Å². The molecule has 3 heterocycles. The summed E-state index contributed by atoms with van der Waals surface area (Å²) in [4.78, 5) is 16.1. The summed E-state index contributed by atoms with van der Waals surface area (Å²) in [5.41, 5.74) is 4.20. The van der Waals surface area contributed by atoms with Crippen molar-refractivity contribution in [3.05, 3.63) is 24.2 Å². The van der Waals surface area contributed by atoms with Crippen molar-refractivity contribution in [3.8, 4) is 6.07 Å². The van der Waals surface area contributed by atoms with E-state index in [2.05, 4.69) is 15.2 Å². The number of esters is 1. The van der Waals surface area contributed by atoms with E-state index in [-0.39, 0.29) is 11.5 Å². The summed E-state index contributed by atoms with van der Waals surface area (Å²) in [6.07, 6.45) is -3.17. The summed E-state index contributed by atoms with van der Waals surface area (Å²) in [5.74, 6) is -1.19. The van der Waals surface area contributed by atoms with Crippen LogP contribution in [0, 0.1) is 11.3 Å². The number of ether oxygens (including phenoxy) is 2. The number of nitrogen functional groups attached to an aromatic ring is 1. The van der Waals surface area contributed by atoms with Gasteiger partial charge >= 0.3 is 13.7 Å². The Hall–Kier alpha value is -2.68. The number of aromatic nitrogens is 3. The van der Waals surface area contributed by atoms with Gasteiger partial charge in [-0.15, -0.1) is 0 Å². The molecule has 0 aromatic carbocycles. The lowest BCUT2D eigenvalue weighted by Gasteiger charge is -2.28. The third-order valence-corrected chi connectivity index (χ3v) is 8.27. The zero-order chi connectivity index (χ0) is 29.2. The number of fused-ring (bicyclic) bond motifs is 1. The SMILES string of the molecule is CC(C)OC(=O)[C@H](C)NP(=O)(OCCS(C)(=O)=O)OC[C@@]1(C#N)O[C@@H](c2ccc3c(N)ncnn23)[C@H](O)[C@@H]1O. The van der Waals surface area contributed by atoms with E-state index in [0.29, 0.717) is 5.52 Å². The zero-order valence-corrected chi connectivity index (χ0v) is 23.3. The van der Waals surface area contributed by atoms with E-state index >= 15 is 0 Å². The largest absolute Gasteiger partial charge is 0.462 e. The fourth-order valence-electron chi connectivity index (χ4n) is 3.70. The van der Waals surface area contributed by atoms with Crippen molar-refractivity contribution in [2.75, 3.05) is 31.0 Å². The first-order valence-corrected chi connectivity index (χ1v) is 15.3. The van der Waals surface area contributed by atoms with Crippen LogP contribution >= 0.6 is 7.75 Å². The van der Waals surface area contributed by atoms with Crippen LogP contribution in [0.1, 0.15) is 32.6 Å². The molecule has 2 aromatic heterocycles. The highest BCUT2D eigenvalue weighted by Crippen LogP contribution is 2.48. The van der Waals surface area contributed by atoms with Gasteiger partial charge in [-0.1, -0.05) is 0 Å². The molecular weight excluding hydrogens is 559 g/mol. The number of nitriles is 1. The van der Waals surface area contributed by atoms with Gasteiger partial charge in [0.2, 0.25) is 5.60 Å². The molecular formula is C21H31N6O10PS. The van der Waals surface area contributed by atoms with E-state index in [4.69, 9.17) is 24.3 Å². The number of nitrogens with two attached hydrogens (primary N) is 1. The topological polar surface area (TPSA) is 238 Å². The van der Waals surface area contributed by atoms with Gasteiger partial charge in [0.1, 0.15) is 58.7 Å². The highest BCUT2D eigenvalue weighted by atomic mass is 32.2. The van der Waals surface area contributed by atoms with Crippen LogP contribution in [0.2, 0.25) is 0 Å². The molecule has 0 saturated carbocycles. The third-order valence-electron chi connectivity index (χ3n) is 5.66. The smallest absolute Gasteiger partial charge is 0.406 e. The number of nitrogens with one attached hydrogen (secondary N) is 1. The first kappa shape index (κ1) is 30.9. The van der Waals surface area contributed by atoms with Crippen LogP contribution in [0.25, 0.3) is 5.52 Å². The molecule has 1 fully saturated rings. The second-order valence-electron chi connectivity index (χ2n) is 9.25. The van der Waals surface area contributed by atoms with Crippen molar-refractivity contribution in [1.82, 2.24) is 19.7 Å². The van der Waals surface area contributed by atoms with Gasteiger partial charge in [0.25, 0.3) is 0 Å². The predicted octanol–water partition coefficient (Wildman–Crippen LogP) is -0.517. The Bertz CT molecular complexity index is 1400. The molecule has 16 nitrogen and oxygen atoms in total. The number of anilines is 1. The highest BCUT2D eigenvalue weighted by molar-refractivity contribution is 7.90. The molecule has 18 heteroatoms. The van der Waals surface area contributed by atoms with Gasteiger partial charge in [-0.2, -0.15) is 10.4 Å². The fourth-order valence-corrected chi connectivity index (χ4v) is 5.71. The van der Waals surface area contributed by atoms with E-state index in [0.717, 1.165) is 6.26 Å². The number of hydrogen-bond acceptors (Lipinski definition) is 14. The van der Waals surface area contributed by atoms with Crippen molar-refractivity contribution >= 4 is 34.9 Å². The summed E-state index contributed by atoms with van der Waals surface area (Å²) in [6.45, 7) is 3.03. The molecule has 216 valence electrons. The molecule has 0 spiro atoms. The normalized spacial score (nSPS) is 25.8. The maximum absolute atomic E-state index is 13.5. The first-order chi connectivity index (χ1) is 18.1. The zero-order valence-electron chi connectivity index (χ0n) is 21.6.